The monoisotopic (exact) mass is 613 g/mol. The average Bonchev–Trinajstić information content (AvgIpc) is 2.94. The number of ketones is 2. The molecular weight excluding hydrogens is 578 g/mol. The number of phenols is 2. The van der Waals surface area contributed by atoms with Crippen molar-refractivity contribution < 1.29 is 58.9 Å². The van der Waals surface area contributed by atoms with Gasteiger partial charge in [-0.1, -0.05) is 0 Å². The largest absolute Gasteiger partial charge is 0.507 e. The fourth-order valence-corrected chi connectivity index (χ4v) is 7.39. The summed E-state index contributed by atoms with van der Waals surface area (Å²) in [6.07, 6.45) is -5.11. The van der Waals surface area contributed by atoms with Gasteiger partial charge in [0.05, 0.1) is 41.5 Å². The molecule has 8 atom stereocenters. The van der Waals surface area contributed by atoms with E-state index in [4.69, 9.17) is 18.9 Å². The molecule has 2 aromatic carbocycles. The lowest BCUT2D eigenvalue weighted by atomic mass is 9.68. The van der Waals surface area contributed by atoms with Gasteiger partial charge in [-0.2, -0.15) is 0 Å². The van der Waals surface area contributed by atoms with Gasteiger partial charge in [0.2, 0.25) is 12.1 Å². The number of esters is 1. The van der Waals surface area contributed by atoms with Crippen LogP contribution in [-0.4, -0.2) is 106 Å². The maximum absolute atomic E-state index is 14.4. The number of methoxy groups -OCH3 is 1. The number of hydrogen-bond acceptors (Lipinski definition) is 13. The number of benzene rings is 2. The number of aromatic hydroxyl groups is 2. The Kier molecular flexibility index (Phi) is 6.89. The van der Waals surface area contributed by atoms with Crippen LogP contribution in [0.2, 0.25) is 0 Å². The Bertz CT molecular complexity index is 1620. The van der Waals surface area contributed by atoms with Gasteiger partial charge in [-0.25, -0.2) is 0 Å². The van der Waals surface area contributed by atoms with Gasteiger partial charge in [0, 0.05) is 29.7 Å². The number of ether oxygens (including phenoxy) is 4. The zero-order valence-electron chi connectivity index (χ0n) is 25.1. The van der Waals surface area contributed by atoms with E-state index in [0.29, 0.717) is 0 Å². The minimum Gasteiger partial charge on any atom is -0.507 e. The van der Waals surface area contributed by atoms with Crippen LogP contribution in [0.1, 0.15) is 87.7 Å². The van der Waals surface area contributed by atoms with Crippen LogP contribution in [-0.2, 0) is 24.6 Å². The molecule has 2 aliphatic carbocycles. The van der Waals surface area contributed by atoms with E-state index >= 15 is 0 Å². The number of carbonyl (C=O) groups is 3. The van der Waals surface area contributed by atoms with Crippen LogP contribution >= 0.6 is 0 Å². The van der Waals surface area contributed by atoms with Crippen molar-refractivity contribution in [3.63, 3.8) is 0 Å². The van der Waals surface area contributed by atoms with Gasteiger partial charge in [0.15, 0.2) is 5.78 Å². The number of likely N-dealkylation sites (N-methyl/N-ethyl adjacent to an activating group) is 1. The molecule has 1 fully saturated rings. The third kappa shape index (κ3) is 3.90. The third-order valence-electron chi connectivity index (χ3n) is 9.46. The first-order valence-corrected chi connectivity index (χ1v) is 14.3. The Balaban J connectivity index is 1.60. The fraction of sp³-hybridized carbons (Fsp3) is 0.516. The molecular formula is C31H35NO12. The first-order valence-electron chi connectivity index (χ1n) is 14.3. The van der Waals surface area contributed by atoms with Crippen molar-refractivity contribution >= 4 is 17.5 Å². The van der Waals surface area contributed by atoms with Gasteiger partial charge in [-0.05, 0) is 52.6 Å². The minimum atomic E-state index is -1.71. The number of rotatable bonds is 4. The van der Waals surface area contributed by atoms with Crippen molar-refractivity contribution in [2.75, 3.05) is 27.8 Å². The summed E-state index contributed by atoms with van der Waals surface area (Å²) >= 11 is 0. The van der Waals surface area contributed by atoms with Crippen LogP contribution < -0.4 is 4.74 Å². The lowest BCUT2D eigenvalue weighted by Crippen LogP contribution is -2.68. The molecule has 6 rings (SSSR count). The molecule has 4 aliphatic rings. The lowest BCUT2D eigenvalue weighted by molar-refractivity contribution is -0.311. The fourth-order valence-electron chi connectivity index (χ4n) is 7.39. The first-order chi connectivity index (χ1) is 20.6. The molecule has 5 N–H and O–H groups in total. The van der Waals surface area contributed by atoms with E-state index < -0.39 is 87.9 Å². The highest BCUT2D eigenvalue weighted by atomic mass is 16.7. The van der Waals surface area contributed by atoms with E-state index in [9.17, 15) is 39.9 Å². The van der Waals surface area contributed by atoms with Crippen molar-refractivity contribution in [3.8, 4) is 17.2 Å². The molecule has 2 aromatic rings. The number of nitrogens with zero attached hydrogens (tertiary/aromatic N) is 1. The number of carbonyl (C=O) groups excluding carboxylic acids is 3. The first kappa shape index (κ1) is 30.4. The average molecular weight is 614 g/mol. The Morgan fingerprint density at radius 2 is 1.77 bits per heavy atom. The van der Waals surface area contributed by atoms with Crippen molar-refractivity contribution in [3.05, 3.63) is 51.1 Å². The van der Waals surface area contributed by atoms with E-state index in [2.05, 4.69) is 0 Å². The number of fused-ring (bicyclic) bond motifs is 8. The Morgan fingerprint density at radius 1 is 1.09 bits per heavy atom. The Morgan fingerprint density at radius 3 is 2.39 bits per heavy atom. The molecule has 1 saturated heterocycles. The second-order valence-electron chi connectivity index (χ2n) is 12.4. The molecule has 0 saturated carbocycles. The summed E-state index contributed by atoms with van der Waals surface area (Å²) < 4.78 is 22.7. The summed E-state index contributed by atoms with van der Waals surface area (Å²) in [5, 5.41) is 56.5. The Hall–Kier alpha value is -3.59. The van der Waals surface area contributed by atoms with Crippen LogP contribution in [0.25, 0.3) is 0 Å². The number of phenolic OH excluding ortho intramolecular Hbond substituents is 2. The maximum Gasteiger partial charge on any atom is 0.316 e. The third-order valence-corrected chi connectivity index (χ3v) is 9.46. The topological polar surface area (TPSA) is 193 Å². The molecule has 44 heavy (non-hydrogen) atoms. The zero-order valence-corrected chi connectivity index (χ0v) is 25.1. The molecule has 236 valence electrons. The van der Waals surface area contributed by atoms with E-state index in [-0.39, 0.29) is 46.6 Å². The molecule has 13 heteroatoms. The van der Waals surface area contributed by atoms with Crippen LogP contribution in [0, 0.1) is 0 Å². The highest BCUT2D eigenvalue weighted by Gasteiger charge is 2.59. The standard InChI is InChI=1S/C31H35NO12/c1-7-42-15-10-30(2,40)20(28(39)41-6)11-8-12-17(23(35)16(11)15)24(36)18-14(33)9-13-26(19(18)22(12)34)43-29-25(37)21(32(4)5)27(38)31(13,3)44-29/h8-9,15,20-21,25,27,29,33,35,37-38,40H,7,10H2,1-6H3/t15-,20-,21-,25-,27+,29+,30+,31+/m0/s1. The van der Waals surface area contributed by atoms with Crippen LogP contribution in [0.4, 0.5) is 0 Å². The van der Waals surface area contributed by atoms with Gasteiger partial charge >= 0.3 is 5.97 Å². The van der Waals surface area contributed by atoms with E-state index in [1.165, 1.54) is 26.0 Å². The van der Waals surface area contributed by atoms with Gasteiger partial charge in [-0.15, -0.1) is 0 Å². The number of aliphatic hydroxyl groups is 3. The summed E-state index contributed by atoms with van der Waals surface area (Å²) in [7, 11) is 4.47. The Labute approximate surface area is 252 Å². The molecule has 0 spiro atoms. The van der Waals surface area contributed by atoms with E-state index in [1.54, 1.807) is 25.9 Å². The molecule has 0 amide bonds. The van der Waals surface area contributed by atoms with Crippen LogP contribution in [0.15, 0.2) is 12.1 Å². The van der Waals surface area contributed by atoms with Gasteiger partial charge in [0.1, 0.15) is 41.0 Å². The van der Waals surface area contributed by atoms with Gasteiger partial charge < -0.3 is 49.4 Å². The van der Waals surface area contributed by atoms with Crippen molar-refractivity contribution in [2.45, 2.75) is 75.0 Å². The smallest absolute Gasteiger partial charge is 0.316 e. The SMILES string of the molecule is CCO[C@H]1C[C@@](C)(O)[C@H](C(=O)OC)c2cc3c(c(O)c21)C(=O)c1c(O)cc2c(c1C3=O)O[C@@H]1O[C@@]2(C)[C@H](O)[C@@H](N(C)C)[C@@H]1O. The van der Waals surface area contributed by atoms with Crippen molar-refractivity contribution in [2.24, 2.45) is 0 Å². The second-order valence-corrected chi connectivity index (χ2v) is 12.4. The molecule has 2 bridgehead atoms. The highest BCUT2D eigenvalue weighted by Crippen LogP contribution is 2.56. The molecule has 2 heterocycles. The van der Waals surface area contributed by atoms with Gasteiger partial charge in [-0.3, -0.25) is 14.4 Å². The molecule has 2 aliphatic heterocycles. The summed E-state index contributed by atoms with van der Waals surface area (Å²) in [5.41, 5.74) is -4.58. The molecule has 0 aromatic heterocycles. The molecule has 0 radical (unpaired) electrons. The van der Waals surface area contributed by atoms with Crippen molar-refractivity contribution in [1.82, 2.24) is 4.90 Å². The summed E-state index contributed by atoms with van der Waals surface area (Å²) in [6.45, 7) is 4.83. The van der Waals surface area contributed by atoms with E-state index in [0.717, 1.165) is 7.11 Å². The summed E-state index contributed by atoms with van der Waals surface area (Å²) in [5.74, 6) is -5.29. The lowest BCUT2D eigenvalue weighted by Gasteiger charge is -2.53. The maximum atomic E-state index is 14.4. The van der Waals surface area contributed by atoms with Crippen molar-refractivity contribution in [1.29, 1.82) is 0 Å². The number of aliphatic hydroxyl groups excluding tert-OH is 2. The van der Waals surface area contributed by atoms with E-state index in [1.807, 2.05) is 0 Å². The van der Waals surface area contributed by atoms with Crippen LogP contribution in [0.3, 0.4) is 0 Å². The minimum absolute atomic E-state index is 0.0502. The predicted octanol–water partition coefficient (Wildman–Crippen LogP) is 0.978. The normalized spacial score (nSPS) is 33.6. The molecule has 13 nitrogen and oxygen atoms in total. The number of hydrogen-bond donors (Lipinski definition) is 5. The second kappa shape index (κ2) is 9.96. The quantitative estimate of drug-likeness (QED) is 0.262. The predicted molar refractivity (Wildman–Crippen MR) is 150 cm³/mol. The zero-order chi connectivity index (χ0) is 32.2. The highest BCUT2D eigenvalue weighted by molar-refractivity contribution is 6.31. The van der Waals surface area contributed by atoms with Crippen LogP contribution in [0.5, 0.6) is 17.2 Å². The summed E-state index contributed by atoms with van der Waals surface area (Å²) in [4.78, 5) is 43.0. The van der Waals surface area contributed by atoms with Gasteiger partial charge in [0.25, 0.3) is 0 Å². The summed E-state index contributed by atoms with van der Waals surface area (Å²) in [6, 6.07) is 1.60. The molecule has 0 unspecified atom stereocenters.